The molecule has 1 aliphatic heterocycles. The van der Waals surface area contributed by atoms with Crippen LogP contribution in [0.25, 0.3) is 0 Å². The highest BCUT2D eigenvalue weighted by atomic mass is 16.5. The van der Waals surface area contributed by atoms with Crippen molar-refractivity contribution >= 4 is 0 Å². The van der Waals surface area contributed by atoms with Gasteiger partial charge >= 0.3 is 0 Å². The van der Waals surface area contributed by atoms with E-state index >= 15 is 0 Å². The van der Waals surface area contributed by atoms with E-state index in [2.05, 4.69) is 13.0 Å². The molecule has 1 fully saturated rings. The Balaban J connectivity index is 2.36. The van der Waals surface area contributed by atoms with Crippen molar-refractivity contribution in [2.45, 2.75) is 26.2 Å². The lowest BCUT2D eigenvalue weighted by molar-refractivity contribution is -0.114. The van der Waals surface area contributed by atoms with Crippen molar-refractivity contribution in [2.24, 2.45) is 5.41 Å². The van der Waals surface area contributed by atoms with E-state index in [0.29, 0.717) is 6.42 Å². The Kier molecular flexibility index (Phi) is 2.29. The maximum absolute atomic E-state index is 8.49. The third kappa shape index (κ3) is 1.30. The van der Waals surface area contributed by atoms with Crippen molar-refractivity contribution in [1.29, 1.82) is 5.26 Å². The summed E-state index contributed by atoms with van der Waals surface area (Å²) in [7, 11) is 0. The van der Waals surface area contributed by atoms with Gasteiger partial charge in [0.1, 0.15) is 0 Å². The highest BCUT2D eigenvalue weighted by Crippen LogP contribution is 2.35. The highest BCUT2D eigenvalue weighted by molar-refractivity contribution is 4.92. The van der Waals surface area contributed by atoms with Gasteiger partial charge in [0.05, 0.1) is 19.3 Å². The molecule has 0 spiro atoms. The highest BCUT2D eigenvalue weighted by Gasteiger charge is 2.37. The van der Waals surface area contributed by atoms with Gasteiger partial charge in [-0.3, -0.25) is 0 Å². The monoisotopic (exact) mass is 139 g/mol. The molecule has 2 nitrogen and oxygen atoms in total. The second kappa shape index (κ2) is 3.03. The van der Waals surface area contributed by atoms with Gasteiger partial charge in [-0.05, 0) is 6.42 Å². The molecule has 0 radical (unpaired) electrons. The Hall–Kier alpha value is -0.550. The average Bonchev–Trinajstić information content (AvgIpc) is 1.84. The Labute approximate surface area is 61.8 Å². The fourth-order valence-electron chi connectivity index (χ4n) is 1.42. The zero-order chi connectivity index (χ0) is 7.45. The van der Waals surface area contributed by atoms with E-state index in [1.54, 1.807) is 0 Å². The van der Waals surface area contributed by atoms with Gasteiger partial charge in [-0.2, -0.15) is 5.26 Å². The lowest BCUT2D eigenvalue weighted by Crippen LogP contribution is -2.42. The number of nitriles is 1. The Morgan fingerprint density at radius 3 is 2.60 bits per heavy atom. The molecule has 0 bridgehead atoms. The second-order valence-corrected chi connectivity index (χ2v) is 3.08. The molecule has 0 aliphatic carbocycles. The van der Waals surface area contributed by atoms with Crippen LogP contribution in [-0.4, -0.2) is 13.2 Å². The maximum atomic E-state index is 8.49. The van der Waals surface area contributed by atoms with Gasteiger partial charge in [0.15, 0.2) is 0 Å². The molecule has 0 saturated carbocycles. The van der Waals surface area contributed by atoms with Crippen molar-refractivity contribution in [3.8, 4) is 6.07 Å². The summed E-state index contributed by atoms with van der Waals surface area (Å²) in [4.78, 5) is 0. The maximum Gasteiger partial charge on any atom is 0.0629 e. The molecule has 0 amide bonds. The van der Waals surface area contributed by atoms with E-state index in [1.165, 1.54) is 0 Å². The first-order valence-corrected chi connectivity index (χ1v) is 3.78. The molecule has 1 rings (SSSR count). The number of rotatable bonds is 3. The minimum Gasteiger partial charge on any atom is -0.380 e. The van der Waals surface area contributed by atoms with Crippen LogP contribution in [0.15, 0.2) is 0 Å². The number of nitrogens with zero attached hydrogens (tertiary/aromatic N) is 1. The summed E-state index contributed by atoms with van der Waals surface area (Å²) in [5.41, 5.74) is 0.240. The molecular weight excluding hydrogens is 126 g/mol. The van der Waals surface area contributed by atoms with Crippen molar-refractivity contribution in [3.63, 3.8) is 0 Å². The largest absolute Gasteiger partial charge is 0.380 e. The first kappa shape index (κ1) is 7.56. The predicted octanol–water partition coefficient (Wildman–Crippen LogP) is 1.72. The van der Waals surface area contributed by atoms with Crippen LogP contribution in [0.1, 0.15) is 26.2 Å². The Morgan fingerprint density at radius 1 is 1.60 bits per heavy atom. The molecule has 0 aromatic carbocycles. The summed E-state index contributed by atoms with van der Waals surface area (Å²) >= 11 is 0. The lowest BCUT2D eigenvalue weighted by atomic mass is 9.79. The zero-order valence-corrected chi connectivity index (χ0v) is 6.39. The van der Waals surface area contributed by atoms with Crippen LogP contribution in [0.5, 0.6) is 0 Å². The molecule has 1 saturated heterocycles. The van der Waals surface area contributed by atoms with Gasteiger partial charge in [0, 0.05) is 11.8 Å². The summed E-state index contributed by atoms with van der Waals surface area (Å²) in [6.07, 6.45) is 2.96. The summed E-state index contributed by atoms with van der Waals surface area (Å²) in [6.45, 7) is 3.75. The van der Waals surface area contributed by atoms with Crippen LogP contribution in [0, 0.1) is 16.7 Å². The van der Waals surface area contributed by atoms with Crippen molar-refractivity contribution in [3.05, 3.63) is 0 Å². The molecule has 0 N–H and O–H groups in total. The second-order valence-electron chi connectivity index (χ2n) is 3.08. The molecule has 1 heterocycles. The van der Waals surface area contributed by atoms with E-state index in [9.17, 15) is 0 Å². The lowest BCUT2D eigenvalue weighted by Gasteiger charge is -2.39. The summed E-state index contributed by atoms with van der Waals surface area (Å²) in [5, 5.41) is 8.49. The molecule has 2 heteroatoms. The molecule has 0 unspecified atom stereocenters. The van der Waals surface area contributed by atoms with E-state index in [4.69, 9.17) is 10.00 Å². The fourth-order valence-corrected chi connectivity index (χ4v) is 1.42. The zero-order valence-electron chi connectivity index (χ0n) is 6.39. The first-order chi connectivity index (χ1) is 4.83. The number of hydrogen-bond acceptors (Lipinski definition) is 2. The molecule has 1 aliphatic rings. The summed E-state index contributed by atoms with van der Waals surface area (Å²) < 4.78 is 5.09. The molecule has 0 aromatic heterocycles. The van der Waals surface area contributed by atoms with E-state index in [0.717, 1.165) is 26.1 Å². The SMILES string of the molecule is CCCC1(CC#N)COC1. The minimum atomic E-state index is 0.240. The smallest absolute Gasteiger partial charge is 0.0629 e. The van der Waals surface area contributed by atoms with Gasteiger partial charge < -0.3 is 4.74 Å². The van der Waals surface area contributed by atoms with Crippen LogP contribution in [0.3, 0.4) is 0 Å². The minimum absolute atomic E-state index is 0.240. The van der Waals surface area contributed by atoms with Gasteiger partial charge in [0.2, 0.25) is 0 Å². The van der Waals surface area contributed by atoms with Gasteiger partial charge in [0.25, 0.3) is 0 Å². The Bertz CT molecular complexity index is 144. The van der Waals surface area contributed by atoms with E-state index in [1.807, 2.05) is 0 Å². The standard InChI is InChI=1S/C8H13NO/c1-2-3-8(4-5-9)6-10-7-8/h2-4,6-7H2,1H3. The normalized spacial score (nSPS) is 21.2. The topological polar surface area (TPSA) is 33.0 Å². The van der Waals surface area contributed by atoms with E-state index < -0.39 is 0 Å². The van der Waals surface area contributed by atoms with Crippen LogP contribution >= 0.6 is 0 Å². The van der Waals surface area contributed by atoms with Crippen LogP contribution in [-0.2, 0) is 4.74 Å². The number of ether oxygens (including phenoxy) is 1. The Morgan fingerprint density at radius 2 is 2.30 bits per heavy atom. The van der Waals surface area contributed by atoms with Gasteiger partial charge in [-0.25, -0.2) is 0 Å². The average molecular weight is 139 g/mol. The van der Waals surface area contributed by atoms with Gasteiger partial charge in [-0.1, -0.05) is 13.3 Å². The third-order valence-corrected chi connectivity index (χ3v) is 2.05. The van der Waals surface area contributed by atoms with Gasteiger partial charge in [-0.15, -0.1) is 0 Å². The van der Waals surface area contributed by atoms with Crippen molar-refractivity contribution in [1.82, 2.24) is 0 Å². The summed E-state index contributed by atoms with van der Waals surface area (Å²) in [6, 6.07) is 2.22. The third-order valence-electron chi connectivity index (χ3n) is 2.05. The van der Waals surface area contributed by atoms with Crippen molar-refractivity contribution < 1.29 is 4.74 Å². The van der Waals surface area contributed by atoms with E-state index in [-0.39, 0.29) is 5.41 Å². The van der Waals surface area contributed by atoms with Crippen molar-refractivity contribution in [2.75, 3.05) is 13.2 Å². The molecule has 56 valence electrons. The van der Waals surface area contributed by atoms with Crippen LogP contribution in [0.2, 0.25) is 0 Å². The number of hydrogen-bond donors (Lipinski definition) is 0. The first-order valence-electron chi connectivity index (χ1n) is 3.78. The fraction of sp³-hybridized carbons (Fsp3) is 0.875. The summed E-state index contributed by atoms with van der Waals surface area (Å²) in [5.74, 6) is 0. The van der Waals surface area contributed by atoms with Crippen LogP contribution in [0.4, 0.5) is 0 Å². The molecule has 0 atom stereocenters. The predicted molar refractivity (Wildman–Crippen MR) is 38.4 cm³/mol. The quantitative estimate of drug-likeness (QED) is 0.596. The molecule has 0 aromatic rings. The molecule has 10 heavy (non-hydrogen) atoms. The van der Waals surface area contributed by atoms with Crippen LogP contribution < -0.4 is 0 Å². The molecular formula is C8H13NO.